The minimum absolute atomic E-state index is 0.155. The highest BCUT2D eigenvalue weighted by atomic mass is 19.4. The molecule has 2 aliphatic heterocycles. The Morgan fingerprint density at radius 2 is 1.72 bits per heavy atom. The molecule has 2 bridgehead atoms. The molecule has 4 nitrogen and oxygen atoms in total. The molecule has 0 radical (unpaired) electrons. The average molecular weight is 411 g/mol. The Labute approximate surface area is 165 Å². The second-order valence-electron chi connectivity index (χ2n) is 7.63. The molecule has 4 rings (SSSR count). The first-order valence-electron chi connectivity index (χ1n) is 9.39. The van der Waals surface area contributed by atoms with E-state index in [1.54, 1.807) is 0 Å². The summed E-state index contributed by atoms with van der Waals surface area (Å²) in [6.45, 7) is 1.40. The van der Waals surface area contributed by atoms with Crippen LogP contribution >= 0.6 is 0 Å². The molecular weight excluding hydrogens is 390 g/mol. The predicted molar refractivity (Wildman–Crippen MR) is 96.6 cm³/mol. The zero-order chi connectivity index (χ0) is 20.6. The maximum atomic E-state index is 14.5. The first-order chi connectivity index (χ1) is 13.7. The van der Waals surface area contributed by atoms with Crippen molar-refractivity contribution in [3.05, 3.63) is 65.5 Å². The molecule has 0 aliphatic carbocycles. The number of benzene rings is 2. The highest BCUT2D eigenvalue weighted by Crippen LogP contribution is 2.43. The van der Waals surface area contributed by atoms with Crippen LogP contribution in [0.25, 0.3) is 0 Å². The van der Waals surface area contributed by atoms with Crippen molar-refractivity contribution in [1.29, 1.82) is 0 Å². The molecule has 2 aliphatic rings. The van der Waals surface area contributed by atoms with Crippen LogP contribution in [0.4, 0.5) is 17.6 Å². The Hall–Kier alpha value is -2.16. The van der Waals surface area contributed by atoms with Crippen LogP contribution in [0.5, 0.6) is 5.75 Å². The average Bonchev–Trinajstić information content (AvgIpc) is 2.64. The summed E-state index contributed by atoms with van der Waals surface area (Å²) in [5.41, 5.74) is -0.654. The molecule has 1 N–H and O–H groups in total. The summed E-state index contributed by atoms with van der Waals surface area (Å²) in [6, 6.07) is 12.2. The van der Waals surface area contributed by atoms with Gasteiger partial charge in [0.1, 0.15) is 11.6 Å². The molecule has 2 aromatic carbocycles. The SMILES string of the molecule is OC1(c2cc(OC(F)(F)F)ccc2F)CC2COCC(C1)N2Cc1ccccc1. The van der Waals surface area contributed by atoms with E-state index in [0.29, 0.717) is 19.8 Å². The standard InChI is InChI=1S/C21H21F4NO3/c22-19-7-6-17(29-21(23,24)25)8-18(19)20(27)9-15-12-28-13-16(10-20)26(15)11-14-4-2-1-3-5-14/h1-8,15-16,27H,9-13H2. The Morgan fingerprint density at radius 3 is 2.34 bits per heavy atom. The van der Waals surface area contributed by atoms with Gasteiger partial charge in [0.25, 0.3) is 0 Å². The number of rotatable bonds is 4. The fraction of sp³-hybridized carbons (Fsp3) is 0.429. The van der Waals surface area contributed by atoms with Crippen molar-refractivity contribution in [2.24, 2.45) is 0 Å². The third-order valence-corrected chi connectivity index (χ3v) is 5.59. The number of fused-ring (bicyclic) bond motifs is 2. The van der Waals surface area contributed by atoms with E-state index in [-0.39, 0.29) is 30.5 Å². The van der Waals surface area contributed by atoms with Gasteiger partial charge in [-0.15, -0.1) is 13.2 Å². The van der Waals surface area contributed by atoms with Crippen LogP contribution in [0.1, 0.15) is 24.0 Å². The van der Waals surface area contributed by atoms with E-state index in [2.05, 4.69) is 9.64 Å². The molecule has 0 aromatic heterocycles. The number of morpholine rings is 1. The number of piperidine rings is 1. The summed E-state index contributed by atoms with van der Waals surface area (Å²) in [4.78, 5) is 2.22. The molecule has 0 saturated carbocycles. The van der Waals surface area contributed by atoms with Crippen LogP contribution in [-0.2, 0) is 16.9 Å². The lowest BCUT2D eigenvalue weighted by atomic mass is 9.76. The summed E-state index contributed by atoms with van der Waals surface area (Å²) in [6.07, 6.45) is -4.58. The first kappa shape index (κ1) is 20.1. The number of hydrogen-bond acceptors (Lipinski definition) is 4. The van der Waals surface area contributed by atoms with Crippen molar-refractivity contribution in [2.75, 3.05) is 13.2 Å². The zero-order valence-corrected chi connectivity index (χ0v) is 15.5. The summed E-state index contributed by atoms with van der Waals surface area (Å²) in [5, 5.41) is 11.3. The van der Waals surface area contributed by atoms with Gasteiger partial charge in [-0.2, -0.15) is 0 Å². The number of hydrogen-bond donors (Lipinski definition) is 1. The van der Waals surface area contributed by atoms with Gasteiger partial charge >= 0.3 is 6.36 Å². The second-order valence-corrected chi connectivity index (χ2v) is 7.63. The van der Waals surface area contributed by atoms with Gasteiger partial charge in [0.15, 0.2) is 0 Å². The van der Waals surface area contributed by atoms with Crippen molar-refractivity contribution < 1.29 is 32.1 Å². The minimum Gasteiger partial charge on any atom is -0.406 e. The van der Waals surface area contributed by atoms with Gasteiger partial charge in [0.2, 0.25) is 0 Å². The summed E-state index contributed by atoms with van der Waals surface area (Å²) >= 11 is 0. The Balaban J connectivity index is 1.59. The number of aliphatic hydroxyl groups is 1. The largest absolute Gasteiger partial charge is 0.573 e. The van der Waals surface area contributed by atoms with Crippen molar-refractivity contribution in [3.8, 4) is 5.75 Å². The van der Waals surface area contributed by atoms with E-state index >= 15 is 0 Å². The molecule has 2 heterocycles. The Morgan fingerprint density at radius 1 is 1.07 bits per heavy atom. The van der Waals surface area contributed by atoms with E-state index in [1.165, 1.54) is 0 Å². The lowest BCUT2D eigenvalue weighted by Crippen LogP contribution is -2.60. The van der Waals surface area contributed by atoms with Crippen molar-refractivity contribution in [3.63, 3.8) is 0 Å². The molecule has 2 saturated heterocycles. The quantitative estimate of drug-likeness (QED) is 0.773. The normalized spacial score (nSPS) is 27.6. The molecule has 2 atom stereocenters. The summed E-state index contributed by atoms with van der Waals surface area (Å²) in [5.74, 6) is -1.30. The van der Waals surface area contributed by atoms with E-state index in [9.17, 15) is 22.7 Å². The fourth-order valence-electron chi connectivity index (χ4n) is 4.38. The van der Waals surface area contributed by atoms with Gasteiger partial charge in [-0.05, 0) is 36.6 Å². The van der Waals surface area contributed by atoms with E-state index in [0.717, 1.165) is 23.8 Å². The van der Waals surface area contributed by atoms with Gasteiger partial charge in [-0.3, -0.25) is 4.90 Å². The van der Waals surface area contributed by atoms with Crippen LogP contribution in [0.15, 0.2) is 48.5 Å². The predicted octanol–water partition coefficient (Wildman–Crippen LogP) is 3.98. The monoisotopic (exact) mass is 411 g/mol. The van der Waals surface area contributed by atoms with Crippen LogP contribution in [0, 0.1) is 5.82 Å². The third kappa shape index (κ3) is 4.39. The van der Waals surface area contributed by atoms with Crippen LogP contribution < -0.4 is 4.74 Å². The van der Waals surface area contributed by atoms with Crippen molar-refractivity contribution >= 4 is 0 Å². The molecule has 8 heteroatoms. The van der Waals surface area contributed by atoms with Gasteiger partial charge in [0.05, 0.1) is 18.8 Å². The fourth-order valence-corrected chi connectivity index (χ4v) is 4.38. The summed E-state index contributed by atoms with van der Waals surface area (Å²) < 4.78 is 61.7. The third-order valence-electron chi connectivity index (χ3n) is 5.59. The molecule has 0 amide bonds. The maximum absolute atomic E-state index is 14.5. The van der Waals surface area contributed by atoms with Gasteiger partial charge in [0, 0.05) is 24.2 Å². The smallest absolute Gasteiger partial charge is 0.406 e. The van der Waals surface area contributed by atoms with Crippen LogP contribution in [-0.4, -0.2) is 41.7 Å². The topological polar surface area (TPSA) is 41.9 Å². The van der Waals surface area contributed by atoms with Gasteiger partial charge in [-0.1, -0.05) is 30.3 Å². The van der Waals surface area contributed by atoms with E-state index in [4.69, 9.17) is 4.74 Å². The minimum atomic E-state index is -4.89. The van der Waals surface area contributed by atoms with Crippen molar-refractivity contribution in [1.82, 2.24) is 4.90 Å². The molecule has 2 aromatic rings. The van der Waals surface area contributed by atoms with E-state index < -0.39 is 23.5 Å². The molecular formula is C21H21F4NO3. The Kier molecular flexibility index (Phi) is 5.27. The number of halogens is 4. The lowest BCUT2D eigenvalue weighted by molar-refractivity contribution is -0.274. The maximum Gasteiger partial charge on any atom is 0.573 e. The van der Waals surface area contributed by atoms with Crippen LogP contribution in [0.2, 0.25) is 0 Å². The first-order valence-corrected chi connectivity index (χ1v) is 9.39. The molecule has 0 spiro atoms. The van der Waals surface area contributed by atoms with Crippen LogP contribution in [0.3, 0.4) is 0 Å². The highest BCUT2D eigenvalue weighted by Gasteiger charge is 2.48. The second kappa shape index (κ2) is 7.59. The van der Waals surface area contributed by atoms with Crippen molar-refractivity contribution in [2.45, 2.75) is 43.4 Å². The zero-order valence-electron chi connectivity index (χ0n) is 15.5. The molecule has 156 valence electrons. The summed E-state index contributed by atoms with van der Waals surface area (Å²) in [7, 11) is 0. The van der Waals surface area contributed by atoms with Gasteiger partial charge < -0.3 is 14.6 Å². The Bertz CT molecular complexity index is 845. The van der Waals surface area contributed by atoms with Gasteiger partial charge in [-0.25, -0.2) is 4.39 Å². The highest BCUT2D eigenvalue weighted by molar-refractivity contribution is 5.35. The van der Waals surface area contributed by atoms with E-state index in [1.807, 2.05) is 30.3 Å². The number of alkyl halides is 3. The molecule has 2 fully saturated rings. The lowest BCUT2D eigenvalue weighted by Gasteiger charge is -2.52. The molecule has 2 unspecified atom stereocenters. The number of nitrogens with zero attached hydrogens (tertiary/aromatic N) is 1. The molecule has 29 heavy (non-hydrogen) atoms. The number of ether oxygens (including phenoxy) is 2.